The van der Waals surface area contributed by atoms with E-state index in [1.54, 1.807) is 12.0 Å². The number of likely N-dealkylation sites (tertiary alicyclic amines) is 1. The van der Waals surface area contributed by atoms with Gasteiger partial charge in [-0.05, 0) is 25.0 Å². The van der Waals surface area contributed by atoms with Crippen LogP contribution in [0.4, 0.5) is 0 Å². The number of piperidine rings is 1. The fraction of sp³-hybridized carbons (Fsp3) is 0.438. The molecule has 0 saturated carbocycles. The van der Waals surface area contributed by atoms with Crippen LogP contribution < -0.4 is 0 Å². The molecule has 1 unspecified atom stereocenters. The van der Waals surface area contributed by atoms with E-state index in [1.807, 2.05) is 30.3 Å². The van der Waals surface area contributed by atoms with Gasteiger partial charge >= 0.3 is 11.8 Å². The molecule has 1 atom stereocenters. The van der Waals surface area contributed by atoms with Gasteiger partial charge in [0.25, 0.3) is 0 Å². The Morgan fingerprint density at radius 1 is 1.39 bits per heavy atom. The fourth-order valence-corrected chi connectivity index (χ4v) is 2.77. The Kier molecular flexibility index (Phi) is 4.40. The minimum atomic E-state index is -0.712. The molecule has 1 aromatic carbocycles. The van der Waals surface area contributed by atoms with Crippen LogP contribution in [0, 0.1) is 0 Å². The fourth-order valence-electron chi connectivity index (χ4n) is 2.77. The Balaban J connectivity index is 1.77. The number of carbonyl (C=O) groups excluding carboxylic acids is 1. The Hall–Kier alpha value is -2.25. The van der Waals surface area contributed by atoms with E-state index in [-0.39, 0.29) is 18.4 Å². The molecule has 1 aliphatic heterocycles. The molecule has 0 radical (unpaired) electrons. The van der Waals surface area contributed by atoms with Gasteiger partial charge < -0.3 is 19.2 Å². The molecule has 122 valence electrons. The van der Waals surface area contributed by atoms with Crippen molar-refractivity contribution in [3.05, 3.63) is 36.2 Å². The molecular weight excluding hydrogens is 298 g/mol. The molecule has 1 saturated heterocycles. The quantitative estimate of drug-likeness (QED) is 0.915. The molecular formula is C16H19N3O4. The van der Waals surface area contributed by atoms with E-state index in [0.717, 1.165) is 12.0 Å². The number of carbonyl (C=O) groups is 1. The zero-order chi connectivity index (χ0) is 16.3. The van der Waals surface area contributed by atoms with Crippen molar-refractivity contribution >= 4 is 5.91 Å². The number of nitrogens with zero attached hydrogens (tertiary/aromatic N) is 3. The van der Waals surface area contributed by atoms with Gasteiger partial charge in [-0.1, -0.05) is 18.2 Å². The van der Waals surface area contributed by atoms with Crippen LogP contribution in [-0.4, -0.2) is 58.5 Å². The second-order valence-electron chi connectivity index (χ2n) is 5.65. The van der Waals surface area contributed by atoms with Gasteiger partial charge in [0.05, 0.1) is 13.2 Å². The number of rotatable bonds is 4. The van der Waals surface area contributed by atoms with Crippen molar-refractivity contribution in [2.45, 2.75) is 18.4 Å². The first-order chi connectivity index (χ1) is 11.2. The van der Waals surface area contributed by atoms with Crippen LogP contribution in [0.25, 0.3) is 11.5 Å². The van der Waals surface area contributed by atoms with Crippen LogP contribution >= 0.6 is 0 Å². The molecule has 1 aliphatic rings. The molecule has 2 aromatic rings. The highest BCUT2D eigenvalue weighted by Gasteiger charge is 2.38. The Bertz CT molecular complexity index is 667. The third kappa shape index (κ3) is 3.11. The second kappa shape index (κ2) is 6.47. The van der Waals surface area contributed by atoms with Crippen LogP contribution in [0.5, 0.6) is 0 Å². The SMILES string of the molecule is COC1(CO)CCCN(C(=O)c2nnc(-c3ccccc3)o2)C1. The van der Waals surface area contributed by atoms with Gasteiger partial charge in [-0.25, -0.2) is 0 Å². The Morgan fingerprint density at radius 2 is 2.17 bits per heavy atom. The highest BCUT2D eigenvalue weighted by atomic mass is 16.5. The Labute approximate surface area is 133 Å². The van der Waals surface area contributed by atoms with Gasteiger partial charge in [-0.15, -0.1) is 10.2 Å². The monoisotopic (exact) mass is 317 g/mol. The first-order valence-corrected chi connectivity index (χ1v) is 7.52. The summed E-state index contributed by atoms with van der Waals surface area (Å²) in [5.74, 6) is -0.0749. The van der Waals surface area contributed by atoms with Crippen LogP contribution in [-0.2, 0) is 4.74 Å². The molecule has 0 spiro atoms. The number of benzene rings is 1. The smallest absolute Gasteiger partial charge is 0.311 e. The molecule has 0 bridgehead atoms. The standard InChI is InChI=1S/C16H19N3O4/c1-22-16(11-20)8-5-9-19(10-16)15(21)14-18-17-13(23-14)12-6-3-2-4-7-12/h2-4,6-7,20H,5,8-11H2,1H3. The number of amides is 1. The molecule has 1 fully saturated rings. The van der Waals surface area contributed by atoms with Crippen molar-refractivity contribution in [3.63, 3.8) is 0 Å². The van der Waals surface area contributed by atoms with Crippen LogP contribution in [0.2, 0.25) is 0 Å². The summed E-state index contributed by atoms with van der Waals surface area (Å²) in [5, 5.41) is 17.3. The van der Waals surface area contributed by atoms with E-state index in [2.05, 4.69) is 10.2 Å². The lowest BCUT2D eigenvalue weighted by molar-refractivity contribution is -0.0887. The molecule has 23 heavy (non-hydrogen) atoms. The van der Waals surface area contributed by atoms with Crippen LogP contribution in [0.3, 0.4) is 0 Å². The second-order valence-corrected chi connectivity index (χ2v) is 5.65. The van der Waals surface area contributed by atoms with Gasteiger partial charge in [0.2, 0.25) is 5.89 Å². The minimum absolute atomic E-state index is 0.0475. The molecule has 0 aliphatic carbocycles. The molecule has 1 N–H and O–H groups in total. The van der Waals surface area contributed by atoms with Gasteiger partial charge in [0.1, 0.15) is 5.60 Å². The van der Waals surface area contributed by atoms with Gasteiger partial charge in [0.15, 0.2) is 0 Å². The Morgan fingerprint density at radius 3 is 2.87 bits per heavy atom. The number of methoxy groups -OCH3 is 1. The van der Waals surface area contributed by atoms with Crippen molar-refractivity contribution in [1.82, 2.24) is 15.1 Å². The summed E-state index contributed by atoms with van der Waals surface area (Å²) in [5.41, 5.74) is 0.0511. The lowest BCUT2D eigenvalue weighted by Crippen LogP contribution is -2.53. The van der Waals surface area contributed by atoms with E-state index in [4.69, 9.17) is 9.15 Å². The average Bonchev–Trinajstić information content (AvgIpc) is 3.12. The van der Waals surface area contributed by atoms with Gasteiger partial charge in [0, 0.05) is 19.2 Å². The van der Waals surface area contributed by atoms with Crippen molar-refractivity contribution < 1.29 is 19.1 Å². The maximum Gasteiger partial charge on any atom is 0.311 e. The zero-order valence-corrected chi connectivity index (χ0v) is 12.9. The lowest BCUT2D eigenvalue weighted by atomic mass is 9.93. The van der Waals surface area contributed by atoms with Crippen molar-refractivity contribution in [2.24, 2.45) is 0 Å². The zero-order valence-electron chi connectivity index (χ0n) is 12.9. The summed E-state index contributed by atoms with van der Waals surface area (Å²) in [7, 11) is 1.55. The van der Waals surface area contributed by atoms with E-state index in [1.165, 1.54) is 0 Å². The third-order valence-corrected chi connectivity index (χ3v) is 4.18. The van der Waals surface area contributed by atoms with Crippen molar-refractivity contribution in [3.8, 4) is 11.5 Å². The highest BCUT2D eigenvalue weighted by Crippen LogP contribution is 2.25. The lowest BCUT2D eigenvalue weighted by Gasteiger charge is -2.40. The number of hydrogen-bond donors (Lipinski definition) is 1. The number of ether oxygens (including phenoxy) is 1. The summed E-state index contributed by atoms with van der Waals surface area (Å²) in [4.78, 5) is 14.1. The van der Waals surface area contributed by atoms with Gasteiger partial charge in [-0.3, -0.25) is 4.79 Å². The molecule has 7 nitrogen and oxygen atoms in total. The normalized spacial score (nSPS) is 21.4. The first kappa shape index (κ1) is 15.6. The first-order valence-electron chi connectivity index (χ1n) is 7.52. The average molecular weight is 317 g/mol. The summed E-state index contributed by atoms with van der Waals surface area (Å²) in [6.07, 6.45) is 1.46. The van der Waals surface area contributed by atoms with Crippen molar-refractivity contribution in [1.29, 1.82) is 0 Å². The van der Waals surface area contributed by atoms with E-state index < -0.39 is 5.60 Å². The predicted molar refractivity (Wildman–Crippen MR) is 81.7 cm³/mol. The molecule has 2 heterocycles. The highest BCUT2D eigenvalue weighted by molar-refractivity contribution is 5.89. The number of aromatic nitrogens is 2. The summed E-state index contributed by atoms with van der Waals surface area (Å²) in [6.45, 7) is 0.751. The molecule has 1 aromatic heterocycles. The third-order valence-electron chi connectivity index (χ3n) is 4.18. The van der Waals surface area contributed by atoms with E-state index in [9.17, 15) is 9.90 Å². The predicted octanol–water partition coefficient (Wildman–Crippen LogP) is 1.35. The number of aliphatic hydroxyl groups excluding tert-OH is 1. The van der Waals surface area contributed by atoms with E-state index >= 15 is 0 Å². The van der Waals surface area contributed by atoms with Crippen molar-refractivity contribution in [2.75, 3.05) is 26.8 Å². The molecule has 7 heteroatoms. The largest absolute Gasteiger partial charge is 0.412 e. The maximum absolute atomic E-state index is 12.6. The van der Waals surface area contributed by atoms with Crippen LogP contribution in [0.15, 0.2) is 34.7 Å². The topological polar surface area (TPSA) is 88.7 Å². The maximum atomic E-state index is 12.6. The van der Waals surface area contributed by atoms with E-state index in [0.29, 0.717) is 25.4 Å². The number of hydrogen-bond acceptors (Lipinski definition) is 6. The summed E-state index contributed by atoms with van der Waals surface area (Å²) >= 11 is 0. The van der Waals surface area contributed by atoms with Gasteiger partial charge in [-0.2, -0.15) is 0 Å². The number of aliphatic hydroxyl groups is 1. The minimum Gasteiger partial charge on any atom is -0.412 e. The summed E-state index contributed by atoms with van der Waals surface area (Å²) < 4.78 is 10.9. The van der Waals surface area contributed by atoms with Crippen LogP contribution in [0.1, 0.15) is 23.5 Å². The molecule has 1 amide bonds. The summed E-state index contributed by atoms with van der Waals surface area (Å²) in [6, 6.07) is 9.29. The molecule has 3 rings (SSSR count).